The smallest absolute Gasteiger partial charge is 0.142 e. The summed E-state index contributed by atoms with van der Waals surface area (Å²) in [6.45, 7) is 6.72. The zero-order valence-corrected chi connectivity index (χ0v) is 14.2. The molecule has 22 heavy (non-hydrogen) atoms. The standard InChI is InChI=1S/C17H22N2O2S/c1-12-5-6-16-15(9-12)19(7-4-8-21-16)10-14-11-22-17(18-14)13(2)20-3/h5-6,9,11,13H,4,7-8,10H2,1-3H3/t13-/m0/s1. The first-order valence-corrected chi connectivity index (χ1v) is 8.51. The Kier molecular flexibility index (Phi) is 4.64. The molecule has 118 valence electrons. The Morgan fingerprint density at radius 3 is 3.14 bits per heavy atom. The summed E-state index contributed by atoms with van der Waals surface area (Å²) in [7, 11) is 1.72. The highest BCUT2D eigenvalue weighted by Gasteiger charge is 2.18. The summed E-state index contributed by atoms with van der Waals surface area (Å²) in [5.41, 5.74) is 3.52. The molecule has 0 saturated carbocycles. The number of ether oxygens (including phenoxy) is 2. The van der Waals surface area contributed by atoms with Gasteiger partial charge in [-0.2, -0.15) is 0 Å². The van der Waals surface area contributed by atoms with Gasteiger partial charge in [0.1, 0.15) is 16.9 Å². The van der Waals surface area contributed by atoms with Crippen LogP contribution in [0.15, 0.2) is 23.6 Å². The van der Waals surface area contributed by atoms with Crippen LogP contribution in [0.3, 0.4) is 0 Å². The molecule has 1 aliphatic heterocycles. The largest absolute Gasteiger partial charge is 0.491 e. The molecule has 0 fully saturated rings. The van der Waals surface area contributed by atoms with Gasteiger partial charge < -0.3 is 14.4 Å². The first kappa shape index (κ1) is 15.3. The fourth-order valence-corrected chi connectivity index (χ4v) is 3.44. The third-order valence-electron chi connectivity index (χ3n) is 3.91. The maximum absolute atomic E-state index is 5.85. The summed E-state index contributed by atoms with van der Waals surface area (Å²) >= 11 is 1.67. The molecule has 2 heterocycles. The van der Waals surface area contributed by atoms with Crippen LogP contribution in [0.5, 0.6) is 5.75 Å². The molecule has 0 bridgehead atoms. The van der Waals surface area contributed by atoms with E-state index in [1.165, 1.54) is 11.3 Å². The number of hydrogen-bond donors (Lipinski definition) is 0. The summed E-state index contributed by atoms with van der Waals surface area (Å²) in [5.74, 6) is 0.976. The van der Waals surface area contributed by atoms with E-state index in [-0.39, 0.29) is 6.10 Å². The molecule has 0 aliphatic carbocycles. The van der Waals surface area contributed by atoms with Crippen molar-refractivity contribution in [3.63, 3.8) is 0 Å². The SMILES string of the molecule is CO[C@@H](C)c1nc(CN2CCCOc3ccc(C)cc32)cs1. The van der Waals surface area contributed by atoms with Crippen molar-refractivity contribution in [2.24, 2.45) is 0 Å². The number of anilines is 1. The van der Waals surface area contributed by atoms with Crippen molar-refractivity contribution in [2.75, 3.05) is 25.2 Å². The van der Waals surface area contributed by atoms with E-state index in [0.29, 0.717) is 0 Å². The average Bonchev–Trinajstić information content (AvgIpc) is 2.90. The molecule has 0 N–H and O–H groups in total. The van der Waals surface area contributed by atoms with Gasteiger partial charge in [0.05, 0.1) is 24.5 Å². The Hall–Kier alpha value is -1.59. The molecule has 3 rings (SSSR count). The molecular formula is C17H22N2O2S. The lowest BCUT2D eigenvalue weighted by atomic mass is 10.2. The number of hydrogen-bond acceptors (Lipinski definition) is 5. The average molecular weight is 318 g/mol. The van der Waals surface area contributed by atoms with Crippen molar-refractivity contribution in [2.45, 2.75) is 32.9 Å². The van der Waals surface area contributed by atoms with Gasteiger partial charge in [-0.15, -0.1) is 11.3 Å². The fraction of sp³-hybridized carbons (Fsp3) is 0.471. The minimum Gasteiger partial charge on any atom is -0.491 e. The Labute approximate surface area is 135 Å². The van der Waals surface area contributed by atoms with E-state index >= 15 is 0 Å². The van der Waals surface area contributed by atoms with E-state index in [1.807, 2.05) is 6.92 Å². The van der Waals surface area contributed by atoms with Crippen LogP contribution in [0.2, 0.25) is 0 Å². The lowest BCUT2D eigenvalue weighted by Gasteiger charge is -2.23. The molecule has 0 radical (unpaired) electrons. The zero-order chi connectivity index (χ0) is 15.5. The van der Waals surface area contributed by atoms with Crippen molar-refractivity contribution in [3.8, 4) is 5.75 Å². The minimum absolute atomic E-state index is 0.0562. The number of nitrogens with zero attached hydrogens (tertiary/aromatic N) is 2. The predicted molar refractivity (Wildman–Crippen MR) is 89.9 cm³/mol. The molecule has 1 atom stereocenters. The minimum atomic E-state index is 0.0562. The highest BCUT2D eigenvalue weighted by molar-refractivity contribution is 7.09. The molecule has 1 aromatic heterocycles. The first-order chi connectivity index (χ1) is 10.7. The van der Waals surface area contributed by atoms with Gasteiger partial charge in [-0.25, -0.2) is 4.98 Å². The number of fused-ring (bicyclic) bond motifs is 1. The summed E-state index contributed by atoms with van der Waals surface area (Å²) < 4.78 is 11.2. The summed E-state index contributed by atoms with van der Waals surface area (Å²) in [6.07, 6.45) is 1.08. The highest BCUT2D eigenvalue weighted by Crippen LogP contribution is 2.33. The lowest BCUT2D eigenvalue weighted by Crippen LogP contribution is -2.23. The van der Waals surface area contributed by atoms with Crippen molar-refractivity contribution in [3.05, 3.63) is 39.8 Å². The van der Waals surface area contributed by atoms with Gasteiger partial charge in [0.2, 0.25) is 0 Å². The Bertz CT molecular complexity index is 641. The van der Waals surface area contributed by atoms with Crippen LogP contribution in [0.4, 0.5) is 5.69 Å². The Balaban J connectivity index is 1.83. The van der Waals surface area contributed by atoms with Crippen LogP contribution in [0.1, 0.15) is 35.7 Å². The fourth-order valence-electron chi connectivity index (χ4n) is 2.60. The van der Waals surface area contributed by atoms with Crippen LogP contribution in [-0.2, 0) is 11.3 Å². The monoisotopic (exact) mass is 318 g/mol. The molecule has 2 aromatic rings. The van der Waals surface area contributed by atoms with Crippen LogP contribution in [0, 0.1) is 6.92 Å². The van der Waals surface area contributed by atoms with Crippen molar-refractivity contribution in [1.82, 2.24) is 4.98 Å². The first-order valence-electron chi connectivity index (χ1n) is 7.63. The lowest BCUT2D eigenvalue weighted by molar-refractivity contribution is 0.119. The van der Waals surface area contributed by atoms with E-state index in [2.05, 4.69) is 35.4 Å². The van der Waals surface area contributed by atoms with Crippen LogP contribution >= 0.6 is 11.3 Å². The Morgan fingerprint density at radius 1 is 1.45 bits per heavy atom. The van der Waals surface area contributed by atoms with Crippen LogP contribution in [-0.4, -0.2) is 25.2 Å². The van der Waals surface area contributed by atoms with Gasteiger partial charge in [-0.1, -0.05) is 6.07 Å². The van der Waals surface area contributed by atoms with Crippen LogP contribution < -0.4 is 9.64 Å². The number of aromatic nitrogens is 1. The van der Waals surface area contributed by atoms with E-state index in [9.17, 15) is 0 Å². The van der Waals surface area contributed by atoms with Crippen molar-refractivity contribution in [1.29, 1.82) is 0 Å². The second kappa shape index (κ2) is 6.67. The third kappa shape index (κ3) is 3.25. The highest BCUT2D eigenvalue weighted by atomic mass is 32.1. The molecule has 0 saturated heterocycles. The van der Waals surface area contributed by atoms with Gasteiger partial charge in [0, 0.05) is 19.0 Å². The van der Waals surface area contributed by atoms with Gasteiger partial charge in [0.25, 0.3) is 0 Å². The van der Waals surface area contributed by atoms with E-state index in [1.54, 1.807) is 18.4 Å². The van der Waals surface area contributed by atoms with Crippen molar-refractivity contribution < 1.29 is 9.47 Å². The van der Waals surface area contributed by atoms with Gasteiger partial charge in [-0.05, 0) is 38.0 Å². The van der Waals surface area contributed by atoms with E-state index in [4.69, 9.17) is 14.5 Å². The van der Waals surface area contributed by atoms with E-state index in [0.717, 1.165) is 42.6 Å². The topological polar surface area (TPSA) is 34.6 Å². The Morgan fingerprint density at radius 2 is 2.32 bits per heavy atom. The van der Waals surface area contributed by atoms with Gasteiger partial charge in [-0.3, -0.25) is 0 Å². The molecule has 5 heteroatoms. The summed E-state index contributed by atoms with van der Waals surface area (Å²) in [5, 5.41) is 3.17. The number of aryl methyl sites for hydroxylation is 1. The predicted octanol–water partition coefficient (Wildman–Crippen LogP) is 3.95. The zero-order valence-electron chi connectivity index (χ0n) is 13.3. The number of benzene rings is 1. The quantitative estimate of drug-likeness (QED) is 0.855. The van der Waals surface area contributed by atoms with Gasteiger partial charge in [0.15, 0.2) is 0 Å². The van der Waals surface area contributed by atoms with Crippen molar-refractivity contribution >= 4 is 17.0 Å². The summed E-state index contributed by atoms with van der Waals surface area (Å²) in [4.78, 5) is 7.08. The van der Waals surface area contributed by atoms with Gasteiger partial charge >= 0.3 is 0 Å². The molecule has 0 spiro atoms. The second-order valence-corrected chi connectivity index (χ2v) is 6.54. The van der Waals surface area contributed by atoms with Crippen LogP contribution in [0.25, 0.3) is 0 Å². The number of rotatable bonds is 4. The molecule has 0 unspecified atom stereocenters. The second-order valence-electron chi connectivity index (χ2n) is 5.65. The number of methoxy groups -OCH3 is 1. The van der Waals surface area contributed by atoms with E-state index < -0.39 is 0 Å². The normalized spacial score (nSPS) is 15.9. The molecule has 1 aromatic carbocycles. The molecule has 1 aliphatic rings. The number of thiazole rings is 1. The molecule has 4 nitrogen and oxygen atoms in total. The summed E-state index contributed by atoms with van der Waals surface area (Å²) in [6, 6.07) is 6.37. The molecule has 0 amide bonds. The molecular weight excluding hydrogens is 296 g/mol. The third-order valence-corrected chi connectivity index (χ3v) is 4.96. The maximum atomic E-state index is 5.85. The maximum Gasteiger partial charge on any atom is 0.142 e.